The van der Waals surface area contributed by atoms with Crippen LogP contribution in [0.2, 0.25) is 0 Å². The summed E-state index contributed by atoms with van der Waals surface area (Å²) in [6.07, 6.45) is 2.83. The van der Waals surface area contributed by atoms with Gasteiger partial charge in [0.05, 0.1) is 6.54 Å². The molecule has 0 saturated carbocycles. The Morgan fingerprint density at radius 2 is 2.14 bits per heavy atom. The fraction of sp³-hybridized carbons (Fsp3) is 0.524. The van der Waals surface area contributed by atoms with Gasteiger partial charge in [0.1, 0.15) is 12.4 Å². The van der Waals surface area contributed by atoms with Crippen LogP contribution in [0.5, 0.6) is 5.75 Å². The SMILES string of the molecule is CC(C)(C)c1noc(CCCC(=O)NCCOc2ccc3c(c2)CCC(=O)N3)n1. The first-order valence-electron chi connectivity index (χ1n) is 9.96. The lowest BCUT2D eigenvalue weighted by Gasteiger charge is -2.17. The van der Waals surface area contributed by atoms with Gasteiger partial charge in [-0.3, -0.25) is 9.59 Å². The average Bonchev–Trinajstić information content (AvgIpc) is 3.15. The van der Waals surface area contributed by atoms with Crippen LogP contribution in [0.3, 0.4) is 0 Å². The summed E-state index contributed by atoms with van der Waals surface area (Å²) >= 11 is 0. The van der Waals surface area contributed by atoms with Crippen molar-refractivity contribution < 1.29 is 18.8 Å². The maximum atomic E-state index is 12.0. The molecule has 1 aliphatic heterocycles. The van der Waals surface area contributed by atoms with Gasteiger partial charge in [0.15, 0.2) is 5.82 Å². The van der Waals surface area contributed by atoms with Crippen LogP contribution < -0.4 is 15.4 Å². The zero-order chi connectivity index (χ0) is 20.9. The lowest BCUT2D eigenvalue weighted by atomic mass is 9.96. The molecule has 8 nitrogen and oxygen atoms in total. The van der Waals surface area contributed by atoms with Crippen molar-refractivity contribution in [3.05, 3.63) is 35.5 Å². The molecule has 2 aromatic rings. The lowest BCUT2D eigenvalue weighted by molar-refractivity contribution is -0.121. The van der Waals surface area contributed by atoms with Gasteiger partial charge in [-0.2, -0.15) is 4.98 Å². The summed E-state index contributed by atoms with van der Waals surface area (Å²) in [6.45, 7) is 6.90. The highest BCUT2D eigenvalue weighted by molar-refractivity contribution is 5.94. The zero-order valence-electron chi connectivity index (χ0n) is 17.2. The molecule has 2 heterocycles. The third-order valence-corrected chi connectivity index (χ3v) is 4.60. The Labute approximate surface area is 170 Å². The molecule has 1 aromatic carbocycles. The van der Waals surface area contributed by atoms with Crippen molar-refractivity contribution >= 4 is 17.5 Å². The summed E-state index contributed by atoms with van der Waals surface area (Å²) in [5, 5.41) is 9.67. The first-order valence-corrected chi connectivity index (χ1v) is 9.96. The maximum absolute atomic E-state index is 12.0. The number of benzene rings is 1. The predicted octanol–water partition coefficient (Wildman–Crippen LogP) is 2.77. The van der Waals surface area contributed by atoms with Crippen LogP contribution in [-0.4, -0.2) is 35.1 Å². The van der Waals surface area contributed by atoms with Crippen molar-refractivity contribution in [3.8, 4) is 5.75 Å². The number of carbonyl (C=O) groups is 2. The van der Waals surface area contributed by atoms with Gasteiger partial charge in [0, 0.05) is 30.4 Å². The number of fused-ring (bicyclic) bond motifs is 1. The second kappa shape index (κ2) is 9.07. The van der Waals surface area contributed by atoms with E-state index < -0.39 is 0 Å². The number of hydrogen-bond donors (Lipinski definition) is 2. The maximum Gasteiger partial charge on any atom is 0.226 e. The van der Waals surface area contributed by atoms with Gasteiger partial charge in [-0.05, 0) is 36.6 Å². The van der Waals surface area contributed by atoms with Gasteiger partial charge >= 0.3 is 0 Å². The van der Waals surface area contributed by atoms with Gasteiger partial charge in [0.2, 0.25) is 17.7 Å². The molecule has 0 spiro atoms. The molecule has 156 valence electrons. The molecule has 0 bridgehead atoms. The molecular weight excluding hydrogens is 372 g/mol. The molecule has 2 N–H and O–H groups in total. The highest BCUT2D eigenvalue weighted by Crippen LogP contribution is 2.26. The van der Waals surface area contributed by atoms with Crippen LogP contribution in [-0.2, 0) is 27.8 Å². The van der Waals surface area contributed by atoms with Crippen LogP contribution in [0.1, 0.15) is 57.3 Å². The van der Waals surface area contributed by atoms with Crippen LogP contribution in [0, 0.1) is 0 Å². The van der Waals surface area contributed by atoms with E-state index in [0.717, 1.165) is 17.0 Å². The number of rotatable bonds is 8. The third-order valence-electron chi connectivity index (χ3n) is 4.60. The highest BCUT2D eigenvalue weighted by Gasteiger charge is 2.20. The molecule has 0 fully saturated rings. The molecular formula is C21H28N4O4. The highest BCUT2D eigenvalue weighted by atomic mass is 16.5. The minimum atomic E-state index is -0.148. The van der Waals surface area contributed by atoms with E-state index in [9.17, 15) is 9.59 Å². The minimum absolute atomic E-state index is 0.0303. The second-order valence-corrected chi connectivity index (χ2v) is 8.18. The number of anilines is 1. The van der Waals surface area contributed by atoms with E-state index in [1.807, 2.05) is 39.0 Å². The lowest BCUT2D eigenvalue weighted by Crippen LogP contribution is -2.28. The van der Waals surface area contributed by atoms with Gasteiger partial charge in [-0.15, -0.1) is 0 Å². The Balaban J connectivity index is 1.32. The molecule has 3 rings (SSSR count). The fourth-order valence-corrected chi connectivity index (χ4v) is 2.96. The summed E-state index contributed by atoms with van der Waals surface area (Å²) in [4.78, 5) is 27.7. The standard InChI is InChI=1S/C21H28N4O4/c1-21(2,3)20-24-19(29-25-20)6-4-5-17(26)22-11-12-28-15-8-9-16-14(13-15)7-10-18(27)23-16/h8-9,13H,4-7,10-12H2,1-3H3,(H,22,26)(H,23,27). The number of nitrogens with zero attached hydrogens (tertiary/aromatic N) is 2. The number of amides is 2. The second-order valence-electron chi connectivity index (χ2n) is 8.18. The molecule has 2 amide bonds. The largest absolute Gasteiger partial charge is 0.492 e. The fourth-order valence-electron chi connectivity index (χ4n) is 2.96. The number of aromatic nitrogens is 2. The number of hydrogen-bond acceptors (Lipinski definition) is 6. The molecule has 8 heteroatoms. The summed E-state index contributed by atoms with van der Waals surface area (Å²) in [7, 11) is 0. The van der Waals surface area contributed by atoms with E-state index in [2.05, 4.69) is 20.8 Å². The van der Waals surface area contributed by atoms with Crippen LogP contribution >= 0.6 is 0 Å². The van der Waals surface area contributed by atoms with Crippen molar-refractivity contribution in [2.75, 3.05) is 18.5 Å². The topological polar surface area (TPSA) is 106 Å². The average molecular weight is 400 g/mol. The molecule has 0 atom stereocenters. The van der Waals surface area contributed by atoms with Crippen LogP contribution in [0.25, 0.3) is 0 Å². The zero-order valence-corrected chi connectivity index (χ0v) is 17.2. The minimum Gasteiger partial charge on any atom is -0.492 e. The van der Waals surface area contributed by atoms with Crippen LogP contribution in [0.4, 0.5) is 5.69 Å². The Morgan fingerprint density at radius 3 is 2.90 bits per heavy atom. The first-order chi connectivity index (χ1) is 13.8. The van der Waals surface area contributed by atoms with E-state index >= 15 is 0 Å². The normalized spacial score (nSPS) is 13.6. The molecule has 1 aliphatic rings. The van der Waals surface area contributed by atoms with Gasteiger partial charge in [-0.25, -0.2) is 0 Å². The van der Waals surface area contributed by atoms with Crippen molar-refractivity contribution in [2.45, 2.75) is 58.3 Å². The predicted molar refractivity (Wildman–Crippen MR) is 108 cm³/mol. The van der Waals surface area contributed by atoms with Gasteiger partial charge < -0.3 is 19.9 Å². The number of ether oxygens (including phenoxy) is 1. The number of aryl methyl sites for hydroxylation is 2. The number of nitrogens with one attached hydrogen (secondary N) is 2. The van der Waals surface area contributed by atoms with E-state index in [0.29, 0.717) is 57.0 Å². The van der Waals surface area contributed by atoms with Crippen molar-refractivity contribution in [1.82, 2.24) is 15.5 Å². The van der Waals surface area contributed by atoms with E-state index in [1.54, 1.807) is 0 Å². The summed E-state index contributed by atoms with van der Waals surface area (Å²) in [5.74, 6) is 1.99. The van der Waals surface area contributed by atoms with E-state index in [1.165, 1.54) is 0 Å². The smallest absolute Gasteiger partial charge is 0.226 e. The van der Waals surface area contributed by atoms with Crippen molar-refractivity contribution in [3.63, 3.8) is 0 Å². The van der Waals surface area contributed by atoms with E-state index in [4.69, 9.17) is 9.26 Å². The molecule has 0 saturated heterocycles. The Kier molecular flexibility index (Phi) is 6.51. The van der Waals surface area contributed by atoms with E-state index in [-0.39, 0.29) is 17.2 Å². The Morgan fingerprint density at radius 1 is 1.31 bits per heavy atom. The van der Waals surface area contributed by atoms with Gasteiger partial charge in [0.25, 0.3) is 0 Å². The van der Waals surface area contributed by atoms with Crippen LogP contribution in [0.15, 0.2) is 22.7 Å². The Hall–Kier alpha value is -2.90. The number of carbonyl (C=O) groups excluding carboxylic acids is 2. The molecule has 0 aliphatic carbocycles. The molecule has 1 aromatic heterocycles. The molecule has 0 unspecified atom stereocenters. The van der Waals surface area contributed by atoms with Crippen molar-refractivity contribution in [1.29, 1.82) is 0 Å². The quantitative estimate of drug-likeness (QED) is 0.660. The Bertz CT molecular complexity index is 870. The first kappa shape index (κ1) is 20.8. The molecule has 29 heavy (non-hydrogen) atoms. The third kappa shape index (κ3) is 6.04. The summed E-state index contributed by atoms with van der Waals surface area (Å²) < 4.78 is 10.9. The van der Waals surface area contributed by atoms with Crippen molar-refractivity contribution in [2.24, 2.45) is 0 Å². The van der Waals surface area contributed by atoms with Gasteiger partial charge in [-0.1, -0.05) is 25.9 Å². The summed E-state index contributed by atoms with van der Waals surface area (Å²) in [6, 6.07) is 5.61. The summed E-state index contributed by atoms with van der Waals surface area (Å²) in [5.41, 5.74) is 1.77. The monoisotopic (exact) mass is 400 g/mol. The molecule has 0 radical (unpaired) electrons.